The van der Waals surface area contributed by atoms with Gasteiger partial charge in [-0.15, -0.1) is 0 Å². The molecule has 0 unspecified atom stereocenters. The Hall–Kier alpha value is -1.91. The standard InChI is InChI=1S/C18H23N3O/c1-12-4-5-16(13(2)8-12)21-17-6-7-20(3)11-15(17)9-14(10-19)18(21)22/h4-5,8-9H,6-7,10-11,19H2,1-3H3. The maximum atomic E-state index is 12.9. The van der Waals surface area contributed by atoms with Gasteiger partial charge in [0.25, 0.3) is 5.56 Å². The van der Waals surface area contributed by atoms with Gasteiger partial charge >= 0.3 is 0 Å². The number of fused-ring (bicyclic) bond motifs is 1. The van der Waals surface area contributed by atoms with Crippen LogP contribution in [0.2, 0.25) is 0 Å². The van der Waals surface area contributed by atoms with E-state index in [9.17, 15) is 4.79 Å². The summed E-state index contributed by atoms with van der Waals surface area (Å²) in [5, 5.41) is 0. The largest absolute Gasteiger partial charge is 0.326 e. The summed E-state index contributed by atoms with van der Waals surface area (Å²) in [5.41, 5.74) is 12.2. The second-order valence-corrected chi connectivity index (χ2v) is 6.26. The molecule has 4 heteroatoms. The van der Waals surface area contributed by atoms with Crippen LogP contribution in [0, 0.1) is 13.8 Å². The van der Waals surface area contributed by atoms with E-state index < -0.39 is 0 Å². The molecule has 1 aliphatic rings. The van der Waals surface area contributed by atoms with Gasteiger partial charge in [-0.2, -0.15) is 0 Å². The van der Waals surface area contributed by atoms with Gasteiger partial charge in [0, 0.05) is 37.3 Å². The number of likely N-dealkylation sites (N-methyl/N-ethyl adjacent to an activating group) is 1. The zero-order valence-electron chi connectivity index (χ0n) is 13.5. The zero-order chi connectivity index (χ0) is 15.9. The van der Waals surface area contributed by atoms with Gasteiger partial charge in [0.2, 0.25) is 0 Å². The summed E-state index contributed by atoms with van der Waals surface area (Å²) < 4.78 is 1.89. The van der Waals surface area contributed by atoms with E-state index in [0.29, 0.717) is 5.56 Å². The highest BCUT2D eigenvalue weighted by Gasteiger charge is 2.21. The van der Waals surface area contributed by atoms with Gasteiger partial charge in [-0.1, -0.05) is 17.7 Å². The normalized spacial score (nSPS) is 14.9. The van der Waals surface area contributed by atoms with E-state index in [-0.39, 0.29) is 12.1 Å². The first-order valence-electron chi connectivity index (χ1n) is 7.74. The van der Waals surface area contributed by atoms with Crippen molar-refractivity contribution in [2.45, 2.75) is 33.4 Å². The molecular weight excluding hydrogens is 274 g/mol. The van der Waals surface area contributed by atoms with Gasteiger partial charge < -0.3 is 10.6 Å². The second kappa shape index (κ2) is 5.71. The molecule has 3 rings (SSSR count). The van der Waals surface area contributed by atoms with Crippen LogP contribution in [-0.2, 0) is 19.5 Å². The first kappa shape index (κ1) is 15.0. The number of pyridine rings is 1. The van der Waals surface area contributed by atoms with Crippen LogP contribution in [0.15, 0.2) is 29.1 Å². The molecule has 1 aromatic carbocycles. The molecule has 4 nitrogen and oxygen atoms in total. The average molecular weight is 297 g/mol. The van der Waals surface area contributed by atoms with Gasteiger partial charge in [0.05, 0.1) is 5.69 Å². The van der Waals surface area contributed by atoms with Crippen molar-refractivity contribution in [1.29, 1.82) is 0 Å². The number of benzene rings is 1. The first-order chi connectivity index (χ1) is 10.5. The van der Waals surface area contributed by atoms with E-state index in [0.717, 1.165) is 36.5 Å². The smallest absolute Gasteiger partial charge is 0.259 e. The van der Waals surface area contributed by atoms with Crippen LogP contribution >= 0.6 is 0 Å². The Morgan fingerprint density at radius 3 is 2.68 bits per heavy atom. The highest BCUT2D eigenvalue weighted by atomic mass is 16.1. The lowest BCUT2D eigenvalue weighted by Gasteiger charge is -2.28. The summed E-state index contributed by atoms with van der Waals surface area (Å²) in [7, 11) is 2.11. The van der Waals surface area contributed by atoms with Crippen LogP contribution in [0.1, 0.15) is 27.9 Å². The number of hydrogen-bond donors (Lipinski definition) is 1. The zero-order valence-corrected chi connectivity index (χ0v) is 13.5. The highest BCUT2D eigenvalue weighted by Crippen LogP contribution is 2.23. The number of nitrogens with two attached hydrogens (primary N) is 1. The quantitative estimate of drug-likeness (QED) is 0.921. The Balaban J connectivity index is 2.30. The molecule has 116 valence electrons. The molecular formula is C18H23N3O. The Morgan fingerprint density at radius 1 is 1.23 bits per heavy atom. The van der Waals surface area contributed by atoms with Crippen molar-refractivity contribution >= 4 is 0 Å². The molecule has 0 amide bonds. The number of aryl methyl sites for hydroxylation is 2. The molecule has 2 aromatic rings. The van der Waals surface area contributed by atoms with Crippen molar-refractivity contribution < 1.29 is 0 Å². The van der Waals surface area contributed by atoms with Gasteiger partial charge in [-0.25, -0.2) is 0 Å². The average Bonchev–Trinajstić information content (AvgIpc) is 2.48. The van der Waals surface area contributed by atoms with Gasteiger partial charge in [-0.3, -0.25) is 9.36 Å². The molecule has 1 aromatic heterocycles. The molecule has 0 bridgehead atoms. The van der Waals surface area contributed by atoms with Crippen LogP contribution < -0.4 is 11.3 Å². The highest BCUT2D eigenvalue weighted by molar-refractivity contribution is 5.46. The van der Waals surface area contributed by atoms with E-state index in [4.69, 9.17) is 5.73 Å². The van der Waals surface area contributed by atoms with E-state index in [1.54, 1.807) is 0 Å². The van der Waals surface area contributed by atoms with Crippen LogP contribution in [0.3, 0.4) is 0 Å². The molecule has 22 heavy (non-hydrogen) atoms. The van der Waals surface area contributed by atoms with Crippen LogP contribution in [-0.4, -0.2) is 23.1 Å². The number of hydrogen-bond acceptors (Lipinski definition) is 3. The van der Waals surface area contributed by atoms with E-state index in [1.165, 1.54) is 11.1 Å². The summed E-state index contributed by atoms with van der Waals surface area (Å²) in [6.45, 7) is 6.25. The fourth-order valence-corrected chi connectivity index (χ4v) is 3.30. The number of nitrogens with zero attached hydrogens (tertiary/aromatic N) is 2. The van der Waals surface area contributed by atoms with Crippen LogP contribution in [0.4, 0.5) is 0 Å². The number of aromatic nitrogens is 1. The third-order valence-electron chi connectivity index (χ3n) is 4.45. The lowest BCUT2D eigenvalue weighted by atomic mass is 10.0. The first-order valence-corrected chi connectivity index (χ1v) is 7.74. The minimum absolute atomic E-state index is 0.0257. The van der Waals surface area contributed by atoms with Gasteiger partial charge in [0.15, 0.2) is 0 Å². The van der Waals surface area contributed by atoms with E-state index >= 15 is 0 Å². The van der Waals surface area contributed by atoms with E-state index in [1.807, 2.05) is 16.7 Å². The summed E-state index contributed by atoms with van der Waals surface area (Å²) in [6.07, 6.45) is 0.888. The molecule has 0 radical (unpaired) electrons. The second-order valence-electron chi connectivity index (χ2n) is 6.26. The minimum atomic E-state index is 0.0257. The summed E-state index contributed by atoms with van der Waals surface area (Å²) in [6, 6.07) is 8.22. The monoisotopic (exact) mass is 297 g/mol. The molecule has 0 saturated heterocycles. The molecule has 2 N–H and O–H groups in total. The van der Waals surface area contributed by atoms with Crippen molar-refractivity contribution in [3.8, 4) is 5.69 Å². The SMILES string of the molecule is Cc1ccc(-n2c3c(cc(CN)c2=O)CN(C)CC3)c(C)c1. The summed E-state index contributed by atoms with van der Waals surface area (Å²) in [4.78, 5) is 15.1. The fourth-order valence-electron chi connectivity index (χ4n) is 3.30. The van der Waals surface area contributed by atoms with Crippen molar-refractivity contribution in [2.24, 2.45) is 5.73 Å². The summed E-state index contributed by atoms with van der Waals surface area (Å²) >= 11 is 0. The number of rotatable bonds is 2. The van der Waals surface area contributed by atoms with Crippen molar-refractivity contribution in [1.82, 2.24) is 9.47 Å². The Morgan fingerprint density at radius 2 is 2.00 bits per heavy atom. The maximum absolute atomic E-state index is 12.9. The molecule has 0 fully saturated rings. The minimum Gasteiger partial charge on any atom is -0.326 e. The topological polar surface area (TPSA) is 51.3 Å². The molecule has 0 spiro atoms. The fraction of sp³-hybridized carbons (Fsp3) is 0.389. The predicted molar refractivity (Wildman–Crippen MR) is 89.4 cm³/mol. The summed E-state index contributed by atoms with van der Waals surface area (Å²) in [5.74, 6) is 0. The maximum Gasteiger partial charge on any atom is 0.259 e. The Kier molecular flexibility index (Phi) is 3.89. The third-order valence-corrected chi connectivity index (χ3v) is 4.45. The van der Waals surface area contributed by atoms with E-state index in [2.05, 4.69) is 37.9 Å². The molecule has 2 heterocycles. The lowest BCUT2D eigenvalue weighted by Crippen LogP contribution is -2.35. The molecule has 1 aliphatic heterocycles. The van der Waals surface area contributed by atoms with Crippen LogP contribution in [0.5, 0.6) is 0 Å². The third kappa shape index (κ3) is 2.49. The van der Waals surface area contributed by atoms with Crippen LogP contribution in [0.25, 0.3) is 5.69 Å². The molecule has 0 saturated carbocycles. The van der Waals surface area contributed by atoms with Gasteiger partial charge in [-0.05, 0) is 44.2 Å². The van der Waals surface area contributed by atoms with Crippen molar-refractivity contribution in [2.75, 3.05) is 13.6 Å². The predicted octanol–water partition coefficient (Wildman–Crippen LogP) is 1.90. The Labute approximate surface area is 131 Å². The van der Waals surface area contributed by atoms with Gasteiger partial charge in [0.1, 0.15) is 0 Å². The molecule has 0 atom stereocenters. The Bertz CT molecular complexity index is 777. The lowest BCUT2D eigenvalue weighted by molar-refractivity contribution is 0.307. The van der Waals surface area contributed by atoms with Crippen molar-refractivity contribution in [3.05, 3.63) is 62.6 Å². The molecule has 0 aliphatic carbocycles. The van der Waals surface area contributed by atoms with Crippen molar-refractivity contribution in [3.63, 3.8) is 0 Å².